The van der Waals surface area contributed by atoms with Gasteiger partial charge in [-0.25, -0.2) is 8.42 Å². The summed E-state index contributed by atoms with van der Waals surface area (Å²) >= 11 is 0. The summed E-state index contributed by atoms with van der Waals surface area (Å²) in [5.74, 6) is 0. The third-order valence-electron chi connectivity index (χ3n) is 2.36. The third kappa shape index (κ3) is 1.35. The number of benzene rings is 1. The first kappa shape index (κ1) is 9.68. The van der Waals surface area contributed by atoms with Gasteiger partial charge >= 0.3 is 0 Å². The molecule has 0 unspecified atom stereocenters. The molecule has 0 amide bonds. The van der Waals surface area contributed by atoms with Crippen LogP contribution in [0.5, 0.6) is 0 Å². The van der Waals surface area contributed by atoms with Crippen molar-refractivity contribution in [1.29, 1.82) is 0 Å². The van der Waals surface area contributed by atoms with Gasteiger partial charge in [-0.1, -0.05) is 18.2 Å². The number of sulfone groups is 1. The normalized spacial score (nSPS) is 23.4. The van der Waals surface area contributed by atoms with Gasteiger partial charge in [-0.2, -0.15) is 0 Å². The number of fused-ring (bicyclic) bond motifs is 1. The first-order chi connectivity index (χ1) is 6.66. The van der Waals surface area contributed by atoms with Crippen molar-refractivity contribution < 1.29 is 13.2 Å². The molecule has 0 saturated heterocycles. The predicted molar refractivity (Wildman–Crippen MR) is 52.7 cm³/mol. The highest BCUT2D eigenvalue weighted by Gasteiger charge is 2.36. The van der Waals surface area contributed by atoms with Crippen LogP contribution in [0.15, 0.2) is 29.2 Å². The number of hydrogen-bond donors (Lipinski definition) is 0. The van der Waals surface area contributed by atoms with E-state index in [-0.39, 0.29) is 0 Å². The van der Waals surface area contributed by atoms with Gasteiger partial charge < -0.3 is 4.74 Å². The molecular weight excluding hydrogens is 200 g/mol. The minimum absolute atomic E-state index is 0.428. The molecule has 76 valence electrons. The lowest BCUT2D eigenvalue weighted by Gasteiger charge is -2.08. The highest BCUT2D eigenvalue weighted by molar-refractivity contribution is 7.92. The van der Waals surface area contributed by atoms with E-state index in [2.05, 4.69) is 0 Å². The van der Waals surface area contributed by atoms with Gasteiger partial charge in [0.2, 0.25) is 9.84 Å². The van der Waals surface area contributed by atoms with Gasteiger partial charge in [0.25, 0.3) is 0 Å². The van der Waals surface area contributed by atoms with E-state index < -0.39 is 15.3 Å². The van der Waals surface area contributed by atoms with Crippen molar-refractivity contribution in [2.24, 2.45) is 0 Å². The second kappa shape index (κ2) is 3.37. The van der Waals surface area contributed by atoms with Crippen LogP contribution in [0.3, 0.4) is 0 Å². The molecule has 1 atom stereocenters. The van der Waals surface area contributed by atoms with Crippen molar-refractivity contribution >= 4 is 9.84 Å². The number of rotatable bonds is 2. The Morgan fingerprint density at radius 2 is 2.14 bits per heavy atom. The molecule has 14 heavy (non-hydrogen) atoms. The van der Waals surface area contributed by atoms with Crippen molar-refractivity contribution in [2.45, 2.75) is 23.7 Å². The highest BCUT2D eigenvalue weighted by Crippen LogP contribution is 2.31. The summed E-state index contributed by atoms with van der Waals surface area (Å²) in [4.78, 5) is 0.429. The molecule has 1 aromatic rings. The van der Waals surface area contributed by atoms with Crippen molar-refractivity contribution in [1.82, 2.24) is 0 Å². The molecule has 0 aliphatic carbocycles. The van der Waals surface area contributed by atoms with Crippen LogP contribution in [-0.2, 0) is 21.0 Å². The van der Waals surface area contributed by atoms with E-state index in [1.54, 1.807) is 19.1 Å². The quantitative estimate of drug-likeness (QED) is 0.743. The number of hydrogen-bond acceptors (Lipinski definition) is 3. The molecule has 1 heterocycles. The molecule has 0 bridgehead atoms. The zero-order valence-corrected chi connectivity index (χ0v) is 8.75. The predicted octanol–water partition coefficient (Wildman–Crippen LogP) is 1.38. The van der Waals surface area contributed by atoms with Gasteiger partial charge in [0.1, 0.15) is 0 Å². The van der Waals surface area contributed by atoms with Crippen LogP contribution in [0.25, 0.3) is 0 Å². The van der Waals surface area contributed by atoms with E-state index in [1.807, 2.05) is 12.1 Å². The van der Waals surface area contributed by atoms with Gasteiger partial charge in [0.15, 0.2) is 5.44 Å². The zero-order chi connectivity index (χ0) is 10.2. The maximum Gasteiger partial charge on any atom is 0.205 e. The van der Waals surface area contributed by atoms with E-state index in [1.165, 1.54) is 0 Å². The fourth-order valence-corrected chi connectivity index (χ4v) is 3.50. The summed E-state index contributed by atoms with van der Waals surface area (Å²) in [5, 5.41) is 0. The largest absolute Gasteiger partial charge is 0.362 e. The summed E-state index contributed by atoms with van der Waals surface area (Å²) in [6.45, 7) is 2.23. The van der Waals surface area contributed by atoms with Crippen LogP contribution >= 0.6 is 0 Å². The Hall–Kier alpha value is -0.870. The fourth-order valence-electron chi connectivity index (χ4n) is 1.72. The topological polar surface area (TPSA) is 43.4 Å². The Morgan fingerprint density at radius 1 is 1.43 bits per heavy atom. The van der Waals surface area contributed by atoms with Crippen LogP contribution in [-0.4, -0.2) is 20.5 Å². The lowest BCUT2D eigenvalue weighted by molar-refractivity contribution is 0.121. The molecule has 1 aromatic carbocycles. The van der Waals surface area contributed by atoms with Crippen LogP contribution in [0.2, 0.25) is 0 Å². The zero-order valence-electron chi connectivity index (χ0n) is 7.93. The van der Waals surface area contributed by atoms with Crippen molar-refractivity contribution in [3.8, 4) is 0 Å². The average molecular weight is 212 g/mol. The van der Waals surface area contributed by atoms with Gasteiger partial charge in [0.05, 0.1) is 4.90 Å². The molecule has 2 rings (SSSR count). The van der Waals surface area contributed by atoms with Crippen molar-refractivity contribution in [3.63, 3.8) is 0 Å². The Balaban J connectivity index is 2.46. The van der Waals surface area contributed by atoms with E-state index in [9.17, 15) is 8.42 Å². The SMILES string of the molecule is CCO[C@@H]1Cc2ccccc2S1(=O)=O. The van der Waals surface area contributed by atoms with Gasteiger partial charge in [-0.05, 0) is 18.6 Å². The maximum absolute atomic E-state index is 11.8. The third-order valence-corrected chi connectivity index (χ3v) is 4.37. The smallest absolute Gasteiger partial charge is 0.205 e. The molecular formula is C10H12O3S. The first-order valence-electron chi connectivity index (χ1n) is 4.59. The Morgan fingerprint density at radius 3 is 2.79 bits per heavy atom. The summed E-state index contributed by atoms with van der Waals surface area (Å²) in [6.07, 6.45) is 0.479. The molecule has 4 heteroatoms. The lowest BCUT2D eigenvalue weighted by atomic mass is 10.2. The van der Waals surface area contributed by atoms with Crippen LogP contribution in [0.4, 0.5) is 0 Å². The van der Waals surface area contributed by atoms with E-state index in [0.29, 0.717) is 17.9 Å². The average Bonchev–Trinajstić information content (AvgIpc) is 2.41. The van der Waals surface area contributed by atoms with Gasteiger partial charge in [0, 0.05) is 13.0 Å². The first-order valence-corrected chi connectivity index (χ1v) is 6.14. The molecule has 0 saturated carbocycles. The van der Waals surface area contributed by atoms with Gasteiger partial charge in [-0.3, -0.25) is 0 Å². The second-order valence-electron chi connectivity index (χ2n) is 3.24. The van der Waals surface area contributed by atoms with Crippen LogP contribution < -0.4 is 0 Å². The van der Waals surface area contributed by atoms with Crippen LogP contribution in [0, 0.1) is 0 Å². The fraction of sp³-hybridized carbons (Fsp3) is 0.400. The van der Waals surface area contributed by atoms with Crippen molar-refractivity contribution in [3.05, 3.63) is 29.8 Å². The minimum Gasteiger partial charge on any atom is -0.362 e. The van der Waals surface area contributed by atoms with Crippen molar-refractivity contribution in [2.75, 3.05) is 6.61 Å². The molecule has 0 aromatic heterocycles. The molecule has 1 aliphatic heterocycles. The summed E-state index contributed by atoms with van der Waals surface area (Å²) < 4.78 is 28.9. The number of ether oxygens (including phenoxy) is 1. The summed E-state index contributed by atoms with van der Waals surface area (Å²) in [7, 11) is -3.23. The molecule has 0 fully saturated rings. The monoisotopic (exact) mass is 212 g/mol. The van der Waals surface area contributed by atoms with E-state index in [4.69, 9.17) is 4.74 Å². The Labute approximate surface area is 83.6 Å². The lowest BCUT2D eigenvalue weighted by Crippen LogP contribution is -2.20. The Kier molecular flexibility index (Phi) is 2.33. The standard InChI is InChI=1S/C10H12O3S/c1-2-13-10-7-8-5-3-4-6-9(8)14(10,11)12/h3-6,10H,2,7H2,1H3/t10-/m0/s1. The van der Waals surface area contributed by atoms with Gasteiger partial charge in [-0.15, -0.1) is 0 Å². The highest BCUT2D eigenvalue weighted by atomic mass is 32.2. The Bertz CT molecular complexity index is 436. The molecule has 0 radical (unpaired) electrons. The molecule has 1 aliphatic rings. The van der Waals surface area contributed by atoms with Crippen LogP contribution in [0.1, 0.15) is 12.5 Å². The molecule has 0 spiro atoms. The maximum atomic E-state index is 11.8. The summed E-state index contributed by atoms with van der Waals surface area (Å²) in [5.41, 5.74) is 0.191. The molecule has 3 nitrogen and oxygen atoms in total. The summed E-state index contributed by atoms with van der Waals surface area (Å²) in [6, 6.07) is 7.07. The van der Waals surface area contributed by atoms with E-state index in [0.717, 1.165) is 5.56 Å². The van der Waals surface area contributed by atoms with E-state index >= 15 is 0 Å². The second-order valence-corrected chi connectivity index (χ2v) is 5.30. The minimum atomic E-state index is -3.23. The molecule has 0 N–H and O–H groups in total.